The van der Waals surface area contributed by atoms with E-state index < -0.39 is 11.5 Å². The molecule has 1 fully saturated rings. The van der Waals surface area contributed by atoms with Crippen molar-refractivity contribution in [3.8, 4) is 0 Å². The Morgan fingerprint density at radius 2 is 1.75 bits per heavy atom. The molecule has 0 aromatic carbocycles. The summed E-state index contributed by atoms with van der Waals surface area (Å²) >= 11 is 0. The number of carboxylic acids is 1. The highest BCUT2D eigenvalue weighted by Crippen LogP contribution is 2.32. The molecule has 3 N–H and O–H groups in total. The summed E-state index contributed by atoms with van der Waals surface area (Å²) in [5.74, 6) is -0.399. The van der Waals surface area contributed by atoms with Crippen LogP contribution in [-0.4, -0.2) is 28.7 Å². The number of carbonyl (C=O) groups is 2. The standard InChI is InChI=1S/C15H28N2O3/c1-10-6-8-15(9-7-10,12(18)19)17-13(20)16-11(2)14(3,4)5/h10-11H,6-9H2,1-5H3,(H,18,19)(H2,16,17,20). The van der Waals surface area contributed by atoms with Crippen LogP contribution in [0.5, 0.6) is 0 Å². The van der Waals surface area contributed by atoms with Crippen LogP contribution in [0.25, 0.3) is 0 Å². The fraction of sp³-hybridized carbons (Fsp3) is 0.867. The first-order valence-corrected chi connectivity index (χ1v) is 7.39. The zero-order chi connectivity index (χ0) is 15.6. The Balaban J connectivity index is 2.68. The SMILES string of the molecule is CC1CCC(NC(=O)NC(C)C(C)(C)C)(C(=O)O)CC1. The predicted molar refractivity (Wildman–Crippen MR) is 78.6 cm³/mol. The molecule has 1 saturated carbocycles. The molecular formula is C15H28N2O3. The van der Waals surface area contributed by atoms with Crippen LogP contribution in [0.2, 0.25) is 0 Å². The minimum Gasteiger partial charge on any atom is -0.480 e. The number of hydrogen-bond acceptors (Lipinski definition) is 2. The van der Waals surface area contributed by atoms with Gasteiger partial charge in [-0.05, 0) is 43.9 Å². The Morgan fingerprint density at radius 1 is 1.25 bits per heavy atom. The number of aliphatic carboxylic acids is 1. The Hall–Kier alpha value is -1.26. The second-order valence-corrected chi connectivity index (χ2v) is 7.26. The van der Waals surface area contributed by atoms with Gasteiger partial charge in [-0.3, -0.25) is 0 Å². The third-order valence-electron chi connectivity index (χ3n) is 4.54. The molecule has 2 amide bonds. The first kappa shape index (κ1) is 16.8. The molecule has 0 aromatic heterocycles. The third kappa shape index (κ3) is 4.12. The van der Waals surface area contributed by atoms with Crippen molar-refractivity contribution in [3.05, 3.63) is 0 Å². The summed E-state index contributed by atoms with van der Waals surface area (Å²) in [6.07, 6.45) is 2.67. The molecule has 0 spiro atoms. The molecule has 0 aromatic rings. The van der Waals surface area contributed by atoms with Gasteiger partial charge in [0.05, 0.1) is 0 Å². The van der Waals surface area contributed by atoms with Gasteiger partial charge in [0.25, 0.3) is 0 Å². The molecule has 0 saturated heterocycles. The zero-order valence-corrected chi connectivity index (χ0v) is 13.2. The lowest BCUT2D eigenvalue weighted by atomic mass is 9.77. The number of hydrogen-bond donors (Lipinski definition) is 3. The van der Waals surface area contributed by atoms with E-state index in [0.29, 0.717) is 18.8 Å². The van der Waals surface area contributed by atoms with Crippen LogP contribution in [0.1, 0.15) is 60.3 Å². The van der Waals surface area contributed by atoms with E-state index in [-0.39, 0.29) is 17.5 Å². The highest BCUT2D eigenvalue weighted by molar-refractivity contribution is 5.86. The fourth-order valence-electron chi connectivity index (χ4n) is 2.31. The number of carboxylic acid groups (broad SMARTS) is 1. The second-order valence-electron chi connectivity index (χ2n) is 7.26. The van der Waals surface area contributed by atoms with Crippen LogP contribution in [0.15, 0.2) is 0 Å². The van der Waals surface area contributed by atoms with Gasteiger partial charge < -0.3 is 15.7 Å². The van der Waals surface area contributed by atoms with Crippen molar-refractivity contribution >= 4 is 12.0 Å². The highest BCUT2D eigenvalue weighted by Gasteiger charge is 2.42. The lowest BCUT2D eigenvalue weighted by Crippen LogP contribution is -2.60. The lowest BCUT2D eigenvalue weighted by Gasteiger charge is -2.37. The van der Waals surface area contributed by atoms with Gasteiger partial charge in [0, 0.05) is 6.04 Å². The van der Waals surface area contributed by atoms with Crippen molar-refractivity contribution in [2.24, 2.45) is 11.3 Å². The topological polar surface area (TPSA) is 78.4 Å². The smallest absolute Gasteiger partial charge is 0.329 e. The fourth-order valence-corrected chi connectivity index (χ4v) is 2.31. The molecule has 0 heterocycles. The summed E-state index contributed by atoms with van der Waals surface area (Å²) in [5, 5.41) is 15.0. The van der Waals surface area contributed by atoms with E-state index in [2.05, 4.69) is 17.6 Å². The Labute approximate surface area is 121 Å². The van der Waals surface area contributed by atoms with E-state index in [1.807, 2.05) is 27.7 Å². The molecule has 20 heavy (non-hydrogen) atoms. The summed E-state index contributed by atoms with van der Waals surface area (Å²) < 4.78 is 0. The van der Waals surface area contributed by atoms with E-state index in [1.165, 1.54) is 0 Å². The van der Waals surface area contributed by atoms with E-state index in [0.717, 1.165) is 12.8 Å². The lowest BCUT2D eigenvalue weighted by molar-refractivity contribution is -0.146. The van der Waals surface area contributed by atoms with E-state index in [4.69, 9.17) is 0 Å². The highest BCUT2D eigenvalue weighted by atomic mass is 16.4. The summed E-state index contributed by atoms with van der Waals surface area (Å²) in [4.78, 5) is 23.6. The molecule has 5 heteroatoms. The van der Waals surface area contributed by atoms with Gasteiger partial charge >= 0.3 is 12.0 Å². The molecule has 1 unspecified atom stereocenters. The molecule has 5 nitrogen and oxygen atoms in total. The number of nitrogens with one attached hydrogen (secondary N) is 2. The summed E-state index contributed by atoms with van der Waals surface area (Å²) in [5.41, 5.74) is -1.16. The average Bonchev–Trinajstić information content (AvgIpc) is 2.30. The van der Waals surface area contributed by atoms with Crippen LogP contribution < -0.4 is 10.6 Å². The van der Waals surface area contributed by atoms with E-state index >= 15 is 0 Å². The van der Waals surface area contributed by atoms with E-state index in [1.54, 1.807) is 0 Å². The van der Waals surface area contributed by atoms with Gasteiger partial charge in [-0.15, -0.1) is 0 Å². The molecule has 116 valence electrons. The Bertz CT molecular complexity index is 366. The van der Waals surface area contributed by atoms with Crippen LogP contribution in [-0.2, 0) is 4.79 Å². The van der Waals surface area contributed by atoms with Crippen molar-refractivity contribution in [1.82, 2.24) is 10.6 Å². The van der Waals surface area contributed by atoms with Crippen LogP contribution >= 0.6 is 0 Å². The normalized spacial score (nSPS) is 28.6. The largest absolute Gasteiger partial charge is 0.480 e. The molecule has 1 atom stereocenters. The average molecular weight is 284 g/mol. The summed E-state index contributed by atoms with van der Waals surface area (Å²) in [6, 6.07) is -0.416. The van der Waals surface area contributed by atoms with Crippen molar-refractivity contribution < 1.29 is 14.7 Å². The maximum Gasteiger partial charge on any atom is 0.329 e. The monoisotopic (exact) mass is 284 g/mol. The van der Waals surface area contributed by atoms with Crippen molar-refractivity contribution in [3.63, 3.8) is 0 Å². The van der Waals surface area contributed by atoms with Crippen molar-refractivity contribution in [2.75, 3.05) is 0 Å². The first-order chi connectivity index (χ1) is 9.07. The zero-order valence-electron chi connectivity index (χ0n) is 13.2. The number of amides is 2. The molecule has 0 radical (unpaired) electrons. The maximum absolute atomic E-state index is 12.1. The number of urea groups is 1. The summed E-state index contributed by atoms with van der Waals surface area (Å²) in [7, 11) is 0. The quantitative estimate of drug-likeness (QED) is 0.745. The summed E-state index contributed by atoms with van der Waals surface area (Å²) in [6.45, 7) is 10.1. The van der Waals surface area contributed by atoms with Gasteiger partial charge in [-0.1, -0.05) is 27.7 Å². The minimum atomic E-state index is -1.10. The van der Waals surface area contributed by atoms with Crippen molar-refractivity contribution in [2.45, 2.75) is 71.9 Å². The molecular weight excluding hydrogens is 256 g/mol. The first-order valence-electron chi connectivity index (χ1n) is 7.39. The van der Waals surface area contributed by atoms with Gasteiger partial charge in [-0.25, -0.2) is 9.59 Å². The number of carbonyl (C=O) groups excluding carboxylic acids is 1. The molecule has 0 aliphatic heterocycles. The van der Waals surface area contributed by atoms with Gasteiger partial charge in [-0.2, -0.15) is 0 Å². The molecule has 1 aliphatic carbocycles. The minimum absolute atomic E-state index is 0.0316. The van der Waals surface area contributed by atoms with Gasteiger partial charge in [0.15, 0.2) is 0 Å². The number of rotatable bonds is 3. The van der Waals surface area contributed by atoms with Crippen molar-refractivity contribution in [1.29, 1.82) is 0 Å². The van der Waals surface area contributed by atoms with Gasteiger partial charge in [0.2, 0.25) is 0 Å². The second kappa shape index (κ2) is 6.02. The molecule has 1 aliphatic rings. The Morgan fingerprint density at radius 3 is 2.15 bits per heavy atom. The maximum atomic E-state index is 12.1. The third-order valence-corrected chi connectivity index (χ3v) is 4.54. The Kier molecular flexibility index (Phi) is 5.05. The van der Waals surface area contributed by atoms with Gasteiger partial charge in [0.1, 0.15) is 5.54 Å². The predicted octanol–water partition coefficient (Wildman–Crippen LogP) is 2.75. The van der Waals surface area contributed by atoms with Crippen LogP contribution in [0.4, 0.5) is 4.79 Å². The van der Waals surface area contributed by atoms with Crippen LogP contribution in [0, 0.1) is 11.3 Å². The van der Waals surface area contributed by atoms with Crippen LogP contribution in [0.3, 0.4) is 0 Å². The molecule has 1 rings (SSSR count). The molecule has 0 bridgehead atoms. The van der Waals surface area contributed by atoms with E-state index in [9.17, 15) is 14.7 Å².